The molecule has 0 amide bonds. The number of likely N-dealkylation sites (N-methyl/N-ethyl adjacent to an activating group) is 1. The van der Waals surface area contributed by atoms with Crippen molar-refractivity contribution in [3.8, 4) is 0 Å². The van der Waals surface area contributed by atoms with Gasteiger partial charge in [0, 0.05) is 6.04 Å². The normalized spacial score (nSPS) is 26.0. The fourth-order valence-corrected chi connectivity index (χ4v) is 1.98. The van der Waals surface area contributed by atoms with Gasteiger partial charge in [-0.2, -0.15) is 0 Å². The van der Waals surface area contributed by atoms with Gasteiger partial charge in [-0.1, -0.05) is 39.3 Å². The highest BCUT2D eigenvalue weighted by Gasteiger charge is 2.17. The van der Waals surface area contributed by atoms with Crippen molar-refractivity contribution >= 4 is 0 Å². The van der Waals surface area contributed by atoms with Crippen LogP contribution >= 0.6 is 0 Å². The van der Waals surface area contributed by atoms with E-state index in [9.17, 15) is 0 Å². The zero-order chi connectivity index (χ0) is 9.68. The number of piperidine rings is 1. The van der Waals surface area contributed by atoms with E-state index < -0.39 is 0 Å². The first-order chi connectivity index (χ1) is 6.24. The minimum atomic E-state index is 0.695. The standard InChI is InChI=1S/C12H23N/c1-4-13-10-6-5-7-12(13)9-8-11(2)3/h8-9,11-12H,4-7,10H2,1-3H3/b9-8+. The molecule has 0 bridgehead atoms. The molecule has 1 unspecified atom stereocenters. The zero-order valence-electron chi connectivity index (χ0n) is 9.29. The Morgan fingerprint density at radius 2 is 2.15 bits per heavy atom. The van der Waals surface area contributed by atoms with E-state index in [-0.39, 0.29) is 0 Å². The molecule has 0 saturated carbocycles. The maximum Gasteiger partial charge on any atom is 0.0278 e. The summed E-state index contributed by atoms with van der Waals surface area (Å²) in [4.78, 5) is 2.59. The maximum atomic E-state index is 2.59. The van der Waals surface area contributed by atoms with Crippen LogP contribution in [0.4, 0.5) is 0 Å². The fourth-order valence-electron chi connectivity index (χ4n) is 1.98. The van der Waals surface area contributed by atoms with E-state index in [1.807, 2.05) is 0 Å². The third kappa shape index (κ3) is 3.51. The molecule has 76 valence electrons. The van der Waals surface area contributed by atoms with Gasteiger partial charge in [0.1, 0.15) is 0 Å². The Balaban J connectivity index is 2.44. The molecule has 1 atom stereocenters. The van der Waals surface area contributed by atoms with Gasteiger partial charge in [0.15, 0.2) is 0 Å². The molecule has 0 spiro atoms. The minimum Gasteiger partial charge on any atom is -0.297 e. The van der Waals surface area contributed by atoms with E-state index >= 15 is 0 Å². The summed E-state index contributed by atoms with van der Waals surface area (Å²) in [6.07, 6.45) is 8.91. The summed E-state index contributed by atoms with van der Waals surface area (Å²) in [5, 5.41) is 0. The Bertz CT molecular complexity index is 161. The van der Waals surface area contributed by atoms with Gasteiger partial charge < -0.3 is 0 Å². The molecule has 0 N–H and O–H groups in total. The topological polar surface area (TPSA) is 3.24 Å². The highest BCUT2D eigenvalue weighted by atomic mass is 15.1. The third-order valence-corrected chi connectivity index (χ3v) is 2.79. The Kier molecular flexibility index (Phi) is 4.51. The van der Waals surface area contributed by atoms with Gasteiger partial charge >= 0.3 is 0 Å². The van der Waals surface area contributed by atoms with Crippen molar-refractivity contribution in [1.82, 2.24) is 4.90 Å². The molecule has 1 saturated heterocycles. The van der Waals surface area contributed by atoms with Crippen molar-refractivity contribution in [2.24, 2.45) is 5.92 Å². The summed E-state index contributed by atoms with van der Waals surface area (Å²) >= 11 is 0. The predicted molar refractivity (Wildman–Crippen MR) is 58.9 cm³/mol. The molecule has 0 aromatic rings. The summed E-state index contributed by atoms with van der Waals surface area (Å²) in [5.74, 6) is 0.695. The lowest BCUT2D eigenvalue weighted by molar-refractivity contribution is 0.189. The molecule has 1 heteroatoms. The summed E-state index contributed by atoms with van der Waals surface area (Å²) < 4.78 is 0. The van der Waals surface area contributed by atoms with Crippen molar-refractivity contribution in [2.45, 2.75) is 46.1 Å². The summed E-state index contributed by atoms with van der Waals surface area (Å²) in [7, 11) is 0. The van der Waals surface area contributed by atoms with Gasteiger partial charge in [-0.15, -0.1) is 0 Å². The number of likely N-dealkylation sites (tertiary alicyclic amines) is 1. The summed E-state index contributed by atoms with van der Waals surface area (Å²) in [6.45, 7) is 9.25. The predicted octanol–water partition coefficient (Wildman–Crippen LogP) is 3.07. The molecular weight excluding hydrogens is 158 g/mol. The lowest BCUT2D eigenvalue weighted by atomic mass is 10.0. The van der Waals surface area contributed by atoms with Gasteiger partial charge in [-0.3, -0.25) is 4.90 Å². The van der Waals surface area contributed by atoms with Crippen LogP contribution in [-0.4, -0.2) is 24.0 Å². The van der Waals surface area contributed by atoms with Gasteiger partial charge in [0.05, 0.1) is 0 Å². The second kappa shape index (κ2) is 5.43. The van der Waals surface area contributed by atoms with Crippen molar-refractivity contribution in [3.63, 3.8) is 0 Å². The van der Waals surface area contributed by atoms with Crippen LogP contribution in [0.5, 0.6) is 0 Å². The Morgan fingerprint density at radius 1 is 1.38 bits per heavy atom. The second-order valence-electron chi connectivity index (χ2n) is 4.32. The molecule has 0 aromatic heterocycles. The first kappa shape index (κ1) is 10.8. The van der Waals surface area contributed by atoms with Crippen LogP contribution in [0.25, 0.3) is 0 Å². The number of allylic oxidation sites excluding steroid dienone is 1. The van der Waals surface area contributed by atoms with E-state index in [0.717, 1.165) is 6.04 Å². The van der Waals surface area contributed by atoms with Crippen LogP contribution in [0.3, 0.4) is 0 Å². The second-order valence-corrected chi connectivity index (χ2v) is 4.32. The minimum absolute atomic E-state index is 0.695. The molecule has 0 aliphatic carbocycles. The fraction of sp³-hybridized carbons (Fsp3) is 0.833. The lowest BCUT2D eigenvalue weighted by Gasteiger charge is -2.33. The van der Waals surface area contributed by atoms with Crippen molar-refractivity contribution in [2.75, 3.05) is 13.1 Å². The van der Waals surface area contributed by atoms with Gasteiger partial charge in [0.2, 0.25) is 0 Å². The Labute approximate surface area is 82.8 Å². The van der Waals surface area contributed by atoms with Crippen LogP contribution in [0.1, 0.15) is 40.0 Å². The van der Waals surface area contributed by atoms with E-state index in [1.54, 1.807) is 0 Å². The highest BCUT2D eigenvalue weighted by Crippen LogP contribution is 2.17. The molecule has 0 radical (unpaired) electrons. The molecule has 1 rings (SSSR count). The molecule has 13 heavy (non-hydrogen) atoms. The largest absolute Gasteiger partial charge is 0.297 e. The van der Waals surface area contributed by atoms with Gasteiger partial charge in [-0.05, 0) is 31.8 Å². The number of hydrogen-bond acceptors (Lipinski definition) is 1. The van der Waals surface area contributed by atoms with Crippen molar-refractivity contribution in [3.05, 3.63) is 12.2 Å². The average Bonchev–Trinajstić information content (AvgIpc) is 2.15. The Morgan fingerprint density at radius 3 is 2.77 bits per heavy atom. The first-order valence-electron chi connectivity index (χ1n) is 5.66. The van der Waals surface area contributed by atoms with Gasteiger partial charge in [0.25, 0.3) is 0 Å². The quantitative estimate of drug-likeness (QED) is 0.605. The summed E-state index contributed by atoms with van der Waals surface area (Å²) in [5.41, 5.74) is 0. The SMILES string of the molecule is CCN1CCCCC1/C=C/C(C)C. The van der Waals surface area contributed by atoms with E-state index in [4.69, 9.17) is 0 Å². The molecule has 1 aliphatic rings. The van der Waals surface area contributed by atoms with Gasteiger partial charge in [-0.25, -0.2) is 0 Å². The molecule has 1 heterocycles. The smallest absolute Gasteiger partial charge is 0.0278 e. The van der Waals surface area contributed by atoms with Crippen LogP contribution in [-0.2, 0) is 0 Å². The number of hydrogen-bond donors (Lipinski definition) is 0. The van der Waals surface area contributed by atoms with Crippen LogP contribution in [0, 0.1) is 5.92 Å². The van der Waals surface area contributed by atoms with Crippen molar-refractivity contribution < 1.29 is 0 Å². The first-order valence-corrected chi connectivity index (χ1v) is 5.66. The third-order valence-electron chi connectivity index (χ3n) is 2.79. The average molecular weight is 181 g/mol. The number of rotatable bonds is 3. The molecular formula is C12H23N. The van der Waals surface area contributed by atoms with E-state index in [0.29, 0.717) is 5.92 Å². The van der Waals surface area contributed by atoms with Crippen LogP contribution < -0.4 is 0 Å². The molecule has 1 nitrogen and oxygen atoms in total. The molecule has 1 fully saturated rings. The Hall–Kier alpha value is -0.300. The highest BCUT2D eigenvalue weighted by molar-refractivity contribution is 4.97. The van der Waals surface area contributed by atoms with E-state index in [2.05, 4.69) is 37.8 Å². The summed E-state index contributed by atoms with van der Waals surface area (Å²) in [6, 6.07) is 0.723. The van der Waals surface area contributed by atoms with Crippen LogP contribution in [0.2, 0.25) is 0 Å². The van der Waals surface area contributed by atoms with E-state index in [1.165, 1.54) is 32.4 Å². The molecule has 1 aliphatic heterocycles. The number of nitrogens with zero attached hydrogens (tertiary/aromatic N) is 1. The van der Waals surface area contributed by atoms with Crippen molar-refractivity contribution in [1.29, 1.82) is 0 Å². The zero-order valence-corrected chi connectivity index (χ0v) is 9.29. The molecule has 0 aromatic carbocycles. The van der Waals surface area contributed by atoms with Crippen LogP contribution in [0.15, 0.2) is 12.2 Å². The monoisotopic (exact) mass is 181 g/mol. The lowest BCUT2D eigenvalue weighted by Crippen LogP contribution is -2.37. The maximum absolute atomic E-state index is 2.59.